The third-order valence-electron chi connectivity index (χ3n) is 3.17. The fourth-order valence-electron chi connectivity index (χ4n) is 1.99. The van der Waals surface area contributed by atoms with Crippen LogP contribution in [0.4, 0.5) is 18.9 Å². The first-order valence-electron chi connectivity index (χ1n) is 5.81. The standard InChI is InChI=1S/C12H12F3NO3/c13-12(14,15)9-5-7(1-4-10(9)16(18)19)6-11(17)8-2-3-8/h1,4-5,8,11,17H,2-3,6H2. The number of aliphatic hydroxyl groups is 1. The highest BCUT2D eigenvalue weighted by Gasteiger charge is 2.38. The molecule has 7 heteroatoms. The molecule has 0 heterocycles. The van der Waals surface area contributed by atoms with Crippen LogP contribution in [0.2, 0.25) is 0 Å². The van der Waals surface area contributed by atoms with E-state index >= 15 is 0 Å². The van der Waals surface area contributed by atoms with Crippen molar-refractivity contribution in [1.29, 1.82) is 0 Å². The van der Waals surface area contributed by atoms with E-state index in [0.717, 1.165) is 25.0 Å². The summed E-state index contributed by atoms with van der Waals surface area (Å²) < 4.78 is 38.2. The zero-order chi connectivity index (χ0) is 14.2. The van der Waals surface area contributed by atoms with Crippen LogP contribution in [0.15, 0.2) is 18.2 Å². The third-order valence-corrected chi connectivity index (χ3v) is 3.17. The van der Waals surface area contributed by atoms with Crippen molar-refractivity contribution in [2.45, 2.75) is 31.5 Å². The van der Waals surface area contributed by atoms with Crippen LogP contribution in [-0.2, 0) is 12.6 Å². The summed E-state index contributed by atoms with van der Waals surface area (Å²) in [6, 6.07) is 2.86. The molecule has 0 aliphatic heterocycles. The molecular weight excluding hydrogens is 263 g/mol. The Balaban J connectivity index is 2.29. The van der Waals surface area contributed by atoms with Gasteiger partial charge in [-0.1, -0.05) is 6.07 Å². The van der Waals surface area contributed by atoms with E-state index in [2.05, 4.69) is 0 Å². The lowest BCUT2D eigenvalue weighted by Crippen LogP contribution is -2.14. The largest absolute Gasteiger partial charge is 0.423 e. The number of aliphatic hydroxyl groups excluding tert-OH is 1. The Kier molecular flexibility index (Phi) is 3.49. The second-order valence-corrected chi connectivity index (χ2v) is 4.72. The van der Waals surface area contributed by atoms with Gasteiger partial charge in [-0.3, -0.25) is 10.1 Å². The van der Waals surface area contributed by atoms with Crippen molar-refractivity contribution < 1.29 is 23.2 Å². The number of nitrogens with zero attached hydrogens (tertiary/aromatic N) is 1. The van der Waals surface area contributed by atoms with Gasteiger partial charge >= 0.3 is 6.18 Å². The van der Waals surface area contributed by atoms with Gasteiger partial charge in [0.1, 0.15) is 5.56 Å². The van der Waals surface area contributed by atoms with E-state index in [0.29, 0.717) is 0 Å². The lowest BCUT2D eigenvalue weighted by atomic mass is 10.0. The molecule has 0 radical (unpaired) electrons. The lowest BCUT2D eigenvalue weighted by Gasteiger charge is -2.12. The Hall–Kier alpha value is -1.63. The monoisotopic (exact) mass is 275 g/mol. The average molecular weight is 275 g/mol. The first-order chi connectivity index (χ1) is 8.79. The Labute approximate surface area is 107 Å². The minimum absolute atomic E-state index is 0.0890. The summed E-state index contributed by atoms with van der Waals surface area (Å²) in [7, 11) is 0. The van der Waals surface area contributed by atoms with E-state index in [1.807, 2.05) is 0 Å². The van der Waals surface area contributed by atoms with Gasteiger partial charge in [-0.25, -0.2) is 0 Å². The number of hydrogen-bond donors (Lipinski definition) is 1. The van der Waals surface area contributed by atoms with Crippen molar-refractivity contribution in [2.24, 2.45) is 5.92 Å². The normalized spacial score (nSPS) is 17.3. The number of benzene rings is 1. The Morgan fingerprint density at radius 2 is 2.05 bits per heavy atom. The zero-order valence-electron chi connectivity index (χ0n) is 9.85. The van der Waals surface area contributed by atoms with Gasteiger partial charge in [0.2, 0.25) is 0 Å². The van der Waals surface area contributed by atoms with Crippen molar-refractivity contribution >= 4 is 5.69 Å². The first kappa shape index (κ1) is 13.8. The molecule has 1 aromatic carbocycles. The maximum atomic E-state index is 12.7. The Morgan fingerprint density at radius 1 is 1.42 bits per heavy atom. The van der Waals surface area contributed by atoms with Crippen LogP contribution in [0.5, 0.6) is 0 Å². The topological polar surface area (TPSA) is 63.4 Å². The molecule has 1 unspecified atom stereocenters. The van der Waals surface area contributed by atoms with Crippen LogP contribution < -0.4 is 0 Å². The molecule has 1 N–H and O–H groups in total. The van der Waals surface area contributed by atoms with Crippen LogP contribution in [0, 0.1) is 16.0 Å². The van der Waals surface area contributed by atoms with Crippen LogP contribution >= 0.6 is 0 Å². The summed E-state index contributed by atoms with van der Waals surface area (Å²) >= 11 is 0. The highest BCUT2D eigenvalue weighted by molar-refractivity contribution is 5.44. The summed E-state index contributed by atoms with van der Waals surface area (Å²) in [4.78, 5) is 9.52. The molecule has 0 amide bonds. The van der Waals surface area contributed by atoms with Gasteiger partial charge in [0.15, 0.2) is 0 Å². The number of rotatable bonds is 4. The van der Waals surface area contributed by atoms with Crippen molar-refractivity contribution in [3.05, 3.63) is 39.4 Å². The molecule has 0 saturated heterocycles. The van der Waals surface area contributed by atoms with E-state index in [9.17, 15) is 28.4 Å². The average Bonchev–Trinajstić information content (AvgIpc) is 3.11. The fraction of sp³-hybridized carbons (Fsp3) is 0.500. The van der Waals surface area contributed by atoms with Crippen LogP contribution in [0.25, 0.3) is 0 Å². The molecular formula is C12H12F3NO3. The van der Waals surface area contributed by atoms with E-state index < -0.39 is 28.5 Å². The molecule has 2 rings (SSSR count). The first-order valence-corrected chi connectivity index (χ1v) is 5.81. The minimum Gasteiger partial charge on any atom is -0.392 e. The number of hydrogen-bond acceptors (Lipinski definition) is 3. The molecule has 0 spiro atoms. The third kappa shape index (κ3) is 3.23. The number of alkyl halides is 3. The Bertz CT molecular complexity index is 497. The molecule has 1 aliphatic carbocycles. The summed E-state index contributed by atoms with van der Waals surface area (Å²) in [5, 5.41) is 20.3. The van der Waals surface area contributed by atoms with E-state index in [-0.39, 0.29) is 17.9 Å². The van der Waals surface area contributed by atoms with Gasteiger partial charge in [-0.05, 0) is 36.8 Å². The Morgan fingerprint density at radius 3 is 2.53 bits per heavy atom. The van der Waals surface area contributed by atoms with Crippen molar-refractivity contribution in [3.63, 3.8) is 0 Å². The van der Waals surface area contributed by atoms with Gasteiger partial charge in [-0.15, -0.1) is 0 Å². The van der Waals surface area contributed by atoms with Crippen LogP contribution in [0.1, 0.15) is 24.0 Å². The van der Waals surface area contributed by atoms with E-state index in [1.165, 1.54) is 6.07 Å². The highest BCUT2D eigenvalue weighted by atomic mass is 19.4. The smallest absolute Gasteiger partial charge is 0.392 e. The van der Waals surface area contributed by atoms with Gasteiger partial charge < -0.3 is 5.11 Å². The summed E-state index contributed by atoms with van der Waals surface area (Å²) in [5.41, 5.74) is -1.97. The number of nitro benzene ring substituents is 1. The van der Waals surface area contributed by atoms with Gasteiger partial charge in [0, 0.05) is 6.07 Å². The van der Waals surface area contributed by atoms with Gasteiger partial charge in [0.25, 0.3) is 5.69 Å². The summed E-state index contributed by atoms with van der Waals surface area (Å²) in [5.74, 6) is 0.143. The van der Waals surface area contributed by atoms with Crippen molar-refractivity contribution in [3.8, 4) is 0 Å². The maximum absolute atomic E-state index is 12.7. The van der Waals surface area contributed by atoms with E-state index in [4.69, 9.17) is 0 Å². The number of nitro groups is 1. The minimum atomic E-state index is -4.77. The maximum Gasteiger partial charge on any atom is 0.423 e. The molecule has 1 aromatic rings. The SMILES string of the molecule is O=[N+]([O-])c1ccc(CC(O)C2CC2)cc1C(F)(F)F. The van der Waals surface area contributed by atoms with E-state index in [1.54, 1.807) is 0 Å². The second-order valence-electron chi connectivity index (χ2n) is 4.72. The number of halogens is 3. The zero-order valence-corrected chi connectivity index (χ0v) is 9.85. The van der Waals surface area contributed by atoms with Gasteiger partial charge in [0.05, 0.1) is 11.0 Å². The second kappa shape index (κ2) is 4.80. The molecule has 4 nitrogen and oxygen atoms in total. The van der Waals surface area contributed by atoms with Crippen molar-refractivity contribution in [1.82, 2.24) is 0 Å². The molecule has 104 valence electrons. The highest BCUT2D eigenvalue weighted by Crippen LogP contribution is 2.38. The van der Waals surface area contributed by atoms with Gasteiger partial charge in [-0.2, -0.15) is 13.2 Å². The molecule has 19 heavy (non-hydrogen) atoms. The van der Waals surface area contributed by atoms with Crippen LogP contribution in [0.3, 0.4) is 0 Å². The molecule has 1 fully saturated rings. The molecule has 0 bridgehead atoms. The molecule has 1 saturated carbocycles. The summed E-state index contributed by atoms with van der Waals surface area (Å²) in [6.45, 7) is 0. The summed E-state index contributed by atoms with van der Waals surface area (Å²) in [6.07, 6.45) is -3.61. The molecule has 1 atom stereocenters. The van der Waals surface area contributed by atoms with Crippen LogP contribution in [-0.4, -0.2) is 16.1 Å². The molecule has 1 aliphatic rings. The fourth-order valence-corrected chi connectivity index (χ4v) is 1.99. The predicted octanol–water partition coefficient (Wildman–Crippen LogP) is 2.93. The quantitative estimate of drug-likeness (QED) is 0.678. The predicted molar refractivity (Wildman–Crippen MR) is 60.5 cm³/mol. The van der Waals surface area contributed by atoms with Crippen molar-refractivity contribution in [2.75, 3.05) is 0 Å². The lowest BCUT2D eigenvalue weighted by molar-refractivity contribution is -0.388. The molecule has 0 aromatic heterocycles.